The highest BCUT2D eigenvalue weighted by molar-refractivity contribution is 6.61. The lowest BCUT2D eigenvalue weighted by atomic mass is 9.79. The van der Waals surface area contributed by atoms with E-state index < -0.39 is 0 Å². The Bertz CT molecular complexity index is 770. The number of hydrogen-bond donors (Lipinski definition) is 0. The van der Waals surface area contributed by atoms with Crippen molar-refractivity contribution in [3.8, 4) is 0 Å². The Morgan fingerprint density at radius 2 is 1.53 bits per heavy atom. The fourth-order valence-electron chi connectivity index (χ4n) is 3.50. The normalized spacial score (nSPS) is 16.6. The lowest BCUT2D eigenvalue weighted by Crippen LogP contribution is -2.33. The summed E-state index contributed by atoms with van der Waals surface area (Å²) >= 11 is 0. The summed E-state index contributed by atoms with van der Waals surface area (Å²) in [6, 6.07) is 9.80. The second-order valence-electron chi connectivity index (χ2n) is 8.50. The van der Waals surface area contributed by atoms with Gasteiger partial charge in [-0.1, -0.05) is 98.7 Å². The maximum absolute atomic E-state index is 11.9. The van der Waals surface area contributed by atoms with E-state index in [1.54, 1.807) is 0 Å². The molecule has 0 amide bonds. The first-order valence-corrected chi connectivity index (χ1v) is 12.9. The number of rotatable bonds is 17. The molecule has 1 saturated heterocycles. The minimum Gasteiger partial charge on any atom is -0.463 e. The van der Waals surface area contributed by atoms with Crippen molar-refractivity contribution in [3.05, 3.63) is 78.9 Å². The van der Waals surface area contributed by atoms with Crippen molar-refractivity contribution in [2.45, 2.75) is 77.2 Å². The summed E-state index contributed by atoms with van der Waals surface area (Å²) in [7, 11) is -0.373. The topological polar surface area (TPSA) is 44.8 Å². The third kappa shape index (κ3) is 13.4. The van der Waals surface area contributed by atoms with Gasteiger partial charge in [0.2, 0.25) is 0 Å². The van der Waals surface area contributed by atoms with Crippen molar-refractivity contribution in [3.63, 3.8) is 0 Å². The number of hydrogen-bond acceptors (Lipinski definition) is 4. The third-order valence-corrected chi connectivity index (χ3v) is 5.46. The van der Waals surface area contributed by atoms with Crippen LogP contribution in [0.4, 0.5) is 0 Å². The van der Waals surface area contributed by atoms with Gasteiger partial charge in [-0.2, -0.15) is 0 Å². The van der Waals surface area contributed by atoms with Crippen LogP contribution in [0.25, 0.3) is 0 Å². The van der Waals surface area contributed by atoms with E-state index in [1.165, 1.54) is 25.7 Å². The average Bonchev–Trinajstić information content (AvgIpc) is 3.34. The molecule has 0 N–H and O–H groups in total. The minimum absolute atomic E-state index is 0.178. The Labute approximate surface area is 206 Å². The van der Waals surface area contributed by atoms with Crippen LogP contribution >= 0.6 is 0 Å². The smallest absolute Gasteiger partial charge is 0.463 e. The average molecular weight is 464 g/mol. The van der Waals surface area contributed by atoms with Crippen LogP contribution in [0.3, 0.4) is 0 Å². The van der Waals surface area contributed by atoms with Crippen LogP contribution in [0.1, 0.15) is 71.1 Å². The Kier molecular flexibility index (Phi) is 15.6. The standard InChI is InChI=1S/C29H41BO4/c1-2-3-4-5-6-7-8-9-10-11-12-13-14-15-16-17-21-24-29(31)32-25-28-26-33-30(34-28)27-22-19-18-20-23-27/h6-7,9-10,12-13,15-16,18-20,22-23,28H,2-5,8,11,14,17,21,24-26H2,1H3/b7-6-,10-9-,13-12-,16-15-. The number of carbonyl (C=O) groups is 1. The SMILES string of the molecule is CCCCC/C=C\C/C=C\C/C=C\C/C=C\CCCC(=O)OCC1COB(c2ccccc2)O1. The van der Waals surface area contributed by atoms with Gasteiger partial charge in [0.05, 0.1) is 12.7 Å². The second kappa shape index (κ2) is 19.0. The quantitative estimate of drug-likeness (QED) is 0.114. The molecule has 1 fully saturated rings. The van der Waals surface area contributed by atoms with E-state index in [9.17, 15) is 4.79 Å². The van der Waals surface area contributed by atoms with Crippen molar-refractivity contribution in [1.29, 1.82) is 0 Å². The molecule has 1 unspecified atom stereocenters. The number of esters is 1. The van der Waals surface area contributed by atoms with Gasteiger partial charge in [-0.25, -0.2) is 0 Å². The molecular formula is C29H41BO4. The van der Waals surface area contributed by atoms with Gasteiger partial charge < -0.3 is 14.0 Å². The summed E-state index contributed by atoms with van der Waals surface area (Å²) in [5.74, 6) is -0.178. The number of ether oxygens (including phenoxy) is 1. The van der Waals surface area contributed by atoms with Gasteiger partial charge in [-0.3, -0.25) is 4.79 Å². The minimum atomic E-state index is -0.373. The zero-order valence-electron chi connectivity index (χ0n) is 20.8. The second-order valence-corrected chi connectivity index (χ2v) is 8.50. The fourth-order valence-corrected chi connectivity index (χ4v) is 3.50. The molecule has 2 rings (SSSR count). The maximum Gasteiger partial charge on any atom is 0.494 e. The maximum atomic E-state index is 11.9. The Balaban J connectivity index is 1.41. The zero-order chi connectivity index (χ0) is 24.1. The molecule has 1 aliphatic heterocycles. The van der Waals surface area contributed by atoms with Crippen molar-refractivity contribution in [2.75, 3.05) is 13.2 Å². The van der Waals surface area contributed by atoms with Crippen molar-refractivity contribution >= 4 is 18.6 Å². The summed E-state index contributed by atoms with van der Waals surface area (Å²) in [6.45, 7) is 2.92. The van der Waals surface area contributed by atoms with E-state index in [2.05, 4.69) is 55.5 Å². The molecule has 0 saturated carbocycles. The van der Waals surface area contributed by atoms with Gasteiger partial charge in [0.25, 0.3) is 0 Å². The predicted octanol–water partition coefficient (Wildman–Crippen LogP) is 6.49. The summed E-state index contributed by atoms with van der Waals surface area (Å²) in [4.78, 5) is 11.9. The predicted molar refractivity (Wildman–Crippen MR) is 142 cm³/mol. The van der Waals surface area contributed by atoms with Gasteiger partial charge >= 0.3 is 13.1 Å². The van der Waals surface area contributed by atoms with Gasteiger partial charge in [0, 0.05) is 6.42 Å². The number of unbranched alkanes of at least 4 members (excludes halogenated alkanes) is 4. The highest BCUT2D eigenvalue weighted by atomic mass is 16.7. The number of carbonyl (C=O) groups excluding carboxylic acids is 1. The Hall–Kier alpha value is -2.37. The van der Waals surface area contributed by atoms with Crippen LogP contribution in [0.15, 0.2) is 78.9 Å². The van der Waals surface area contributed by atoms with Gasteiger partial charge in [-0.15, -0.1) is 0 Å². The van der Waals surface area contributed by atoms with E-state index in [-0.39, 0.29) is 25.8 Å². The van der Waals surface area contributed by atoms with Crippen LogP contribution in [-0.2, 0) is 18.8 Å². The molecule has 184 valence electrons. The lowest BCUT2D eigenvalue weighted by Gasteiger charge is -2.10. The van der Waals surface area contributed by atoms with Crippen LogP contribution in [0, 0.1) is 0 Å². The van der Waals surface area contributed by atoms with Gasteiger partial charge in [0.15, 0.2) is 0 Å². The summed E-state index contributed by atoms with van der Waals surface area (Å²) in [6.07, 6.45) is 27.6. The van der Waals surface area contributed by atoms with E-state index in [0.717, 1.165) is 37.6 Å². The zero-order valence-corrected chi connectivity index (χ0v) is 20.8. The molecule has 0 radical (unpaired) electrons. The van der Waals surface area contributed by atoms with Crippen molar-refractivity contribution in [1.82, 2.24) is 0 Å². The van der Waals surface area contributed by atoms with Crippen LogP contribution in [0.5, 0.6) is 0 Å². The number of allylic oxidation sites excluding steroid dienone is 8. The summed E-state index contributed by atoms with van der Waals surface area (Å²) in [5, 5.41) is 0. The van der Waals surface area contributed by atoms with Crippen LogP contribution in [0.2, 0.25) is 0 Å². The van der Waals surface area contributed by atoms with E-state index >= 15 is 0 Å². The summed E-state index contributed by atoms with van der Waals surface area (Å²) < 4.78 is 16.8. The van der Waals surface area contributed by atoms with Crippen molar-refractivity contribution in [2.24, 2.45) is 0 Å². The lowest BCUT2D eigenvalue weighted by molar-refractivity contribution is -0.145. The molecule has 0 aromatic heterocycles. The molecule has 1 atom stereocenters. The molecule has 1 aromatic rings. The van der Waals surface area contributed by atoms with E-state index in [0.29, 0.717) is 13.0 Å². The van der Waals surface area contributed by atoms with Crippen molar-refractivity contribution < 1.29 is 18.8 Å². The Morgan fingerprint density at radius 3 is 2.18 bits per heavy atom. The van der Waals surface area contributed by atoms with Gasteiger partial charge in [-0.05, 0) is 50.4 Å². The molecule has 4 nitrogen and oxygen atoms in total. The van der Waals surface area contributed by atoms with Crippen LogP contribution < -0.4 is 5.46 Å². The van der Waals surface area contributed by atoms with E-state index in [1.807, 2.05) is 30.3 Å². The van der Waals surface area contributed by atoms with Gasteiger partial charge in [0.1, 0.15) is 6.61 Å². The molecule has 1 aliphatic rings. The molecule has 1 aromatic carbocycles. The molecule has 0 aliphatic carbocycles. The number of benzene rings is 1. The summed E-state index contributed by atoms with van der Waals surface area (Å²) in [5.41, 5.74) is 0.982. The molecule has 0 spiro atoms. The first-order valence-electron chi connectivity index (χ1n) is 12.9. The van der Waals surface area contributed by atoms with Crippen LogP contribution in [-0.4, -0.2) is 32.4 Å². The van der Waals surface area contributed by atoms with E-state index in [4.69, 9.17) is 14.0 Å². The molecule has 34 heavy (non-hydrogen) atoms. The molecule has 5 heteroatoms. The fraction of sp³-hybridized carbons (Fsp3) is 0.483. The largest absolute Gasteiger partial charge is 0.494 e. The molecule has 1 heterocycles. The monoisotopic (exact) mass is 464 g/mol. The first-order chi connectivity index (χ1) is 16.8. The highest BCUT2D eigenvalue weighted by Crippen LogP contribution is 2.10. The third-order valence-electron chi connectivity index (χ3n) is 5.46. The molecule has 0 bridgehead atoms. The highest BCUT2D eigenvalue weighted by Gasteiger charge is 2.33. The Morgan fingerprint density at radius 1 is 0.912 bits per heavy atom. The first kappa shape index (κ1) is 27.9. The molecular weight excluding hydrogens is 423 g/mol.